The molecule has 2 rings (SSSR count). The normalized spacial score (nSPS) is 23.0. The molecule has 0 aromatic carbocycles. The third kappa shape index (κ3) is 4.94. The molecule has 6 heteroatoms. The number of hydrogen-bond acceptors (Lipinski definition) is 5. The Kier molecular flexibility index (Phi) is 6.12. The Balaban J connectivity index is 1.83. The lowest BCUT2D eigenvalue weighted by Crippen LogP contribution is -2.39. The maximum absolute atomic E-state index is 12.3. The third-order valence-electron chi connectivity index (χ3n) is 4.06. The van der Waals surface area contributed by atoms with Gasteiger partial charge in [-0.05, 0) is 31.2 Å². The summed E-state index contributed by atoms with van der Waals surface area (Å²) in [5.41, 5.74) is 5.60. The molecule has 1 amide bonds. The lowest BCUT2D eigenvalue weighted by atomic mass is 9.88. The van der Waals surface area contributed by atoms with E-state index < -0.39 is 6.10 Å². The first-order valence-electron chi connectivity index (χ1n) is 8.09. The first kappa shape index (κ1) is 16.7. The molecule has 1 aromatic heterocycles. The summed E-state index contributed by atoms with van der Waals surface area (Å²) in [6.07, 6.45) is 6.57. The molecule has 0 bridgehead atoms. The summed E-state index contributed by atoms with van der Waals surface area (Å²) in [7, 11) is 0. The zero-order valence-electron chi connectivity index (χ0n) is 13.4. The summed E-state index contributed by atoms with van der Waals surface area (Å²) in [5, 5.41) is 2.83. The fourth-order valence-electron chi connectivity index (χ4n) is 2.86. The van der Waals surface area contributed by atoms with Gasteiger partial charge in [0.25, 0.3) is 0 Å². The summed E-state index contributed by atoms with van der Waals surface area (Å²) in [6.45, 7) is 4.48. The second-order valence-electron chi connectivity index (χ2n) is 6.04. The number of nitrogens with zero attached hydrogens (tertiary/aromatic N) is 2. The van der Waals surface area contributed by atoms with Gasteiger partial charge in [0.2, 0.25) is 5.91 Å². The number of ether oxygens (including phenoxy) is 1. The second-order valence-corrected chi connectivity index (χ2v) is 6.04. The maximum atomic E-state index is 12.3. The van der Waals surface area contributed by atoms with Crippen LogP contribution in [0.3, 0.4) is 0 Å². The van der Waals surface area contributed by atoms with Crippen LogP contribution in [0.2, 0.25) is 0 Å². The lowest BCUT2D eigenvalue weighted by Gasteiger charge is -2.29. The molecule has 1 aliphatic carbocycles. The van der Waals surface area contributed by atoms with E-state index >= 15 is 0 Å². The molecule has 3 atom stereocenters. The average molecular weight is 306 g/mol. The predicted molar refractivity (Wildman–Crippen MR) is 84.9 cm³/mol. The van der Waals surface area contributed by atoms with E-state index in [1.165, 1.54) is 12.8 Å². The van der Waals surface area contributed by atoms with Crippen molar-refractivity contribution in [2.75, 3.05) is 5.73 Å². The fourth-order valence-corrected chi connectivity index (χ4v) is 2.86. The Labute approximate surface area is 131 Å². The Morgan fingerprint density at radius 1 is 1.55 bits per heavy atom. The van der Waals surface area contributed by atoms with Crippen molar-refractivity contribution in [3.63, 3.8) is 0 Å². The predicted octanol–water partition coefficient (Wildman–Crippen LogP) is 2.05. The van der Waals surface area contributed by atoms with Crippen LogP contribution in [0.15, 0.2) is 12.3 Å². The average Bonchev–Trinajstić information content (AvgIpc) is 2.50. The second kappa shape index (κ2) is 8.08. The molecule has 3 unspecified atom stereocenters. The zero-order chi connectivity index (χ0) is 15.9. The summed E-state index contributed by atoms with van der Waals surface area (Å²) < 4.78 is 6.01. The highest BCUT2D eigenvalue weighted by molar-refractivity contribution is 5.80. The Bertz CT molecular complexity index is 495. The Hall–Kier alpha value is -1.69. The Morgan fingerprint density at radius 2 is 2.36 bits per heavy atom. The number of carbonyl (C=O) groups is 1. The lowest BCUT2D eigenvalue weighted by molar-refractivity contribution is -0.139. The van der Waals surface area contributed by atoms with Crippen molar-refractivity contribution >= 4 is 11.7 Å². The Morgan fingerprint density at radius 3 is 3.05 bits per heavy atom. The third-order valence-corrected chi connectivity index (χ3v) is 4.06. The molecule has 122 valence electrons. The molecule has 1 fully saturated rings. The zero-order valence-corrected chi connectivity index (χ0v) is 13.4. The van der Waals surface area contributed by atoms with E-state index in [1.54, 1.807) is 12.3 Å². The highest BCUT2D eigenvalue weighted by atomic mass is 16.5. The molecule has 0 aliphatic heterocycles. The molecule has 1 aromatic rings. The van der Waals surface area contributed by atoms with Crippen molar-refractivity contribution in [1.82, 2.24) is 15.3 Å². The SMILES string of the molecule is CCC(OC1CCCC(C)C1)C(=O)NCc1nccc(N)n1. The molecule has 0 radical (unpaired) electrons. The van der Waals surface area contributed by atoms with Gasteiger partial charge < -0.3 is 15.8 Å². The molecule has 0 saturated heterocycles. The molecule has 22 heavy (non-hydrogen) atoms. The van der Waals surface area contributed by atoms with Crippen molar-refractivity contribution in [1.29, 1.82) is 0 Å². The van der Waals surface area contributed by atoms with Crippen LogP contribution in [-0.4, -0.2) is 28.1 Å². The van der Waals surface area contributed by atoms with Crippen LogP contribution in [0.1, 0.15) is 51.8 Å². The van der Waals surface area contributed by atoms with Gasteiger partial charge in [-0.15, -0.1) is 0 Å². The maximum Gasteiger partial charge on any atom is 0.249 e. The van der Waals surface area contributed by atoms with E-state index in [9.17, 15) is 4.79 Å². The molecule has 3 N–H and O–H groups in total. The highest BCUT2D eigenvalue weighted by Gasteiger charge is 2.25. The van der Waals surface area contributed by atoms with Gasteiger partial charge in [0.05, 0.1) is 12.6 Å². The summed E-state index contributed by atoms with van der Waals surface area (Å²) >= 11 is 0. The van der Waals surface area contributed by atoms with Gasteiger partial charge in [0, 0.05) is 6.20 Å². The van der Waals surface area contributed by atoms with Crippen LogP contribution < -0.4 is 11.1 Å². The minimum absolute atomic E-state index is 0.105. The molecular weight excluding hydrogens is 280 g/mol. The van der Waals surface area contributed by atoms with Crippen LogP contribution in [0.4, 0.5) is 5.82 Å². The van der Waals surface area contributed by atoms with Crippen molar-refractivity contribution in [2.45, 2.75) is 64.7 Å². The monoisotopic (exact) mass is 306 g/mol. The van der Waals surface area contributed by atoms with Crippen molar-refractivity contribution in [3.05, 3.63) is 18.1 Å². The first-order valence-corrected chi connectivity index (χ1v) is 8.09. The topological polar surface area (TPSA) is 90.1 Å². The number of nitrogens with two attached hydrogens (primary N) is 1. The number of carbonyl (C=O) groups excluding carboxylic acids is 1. The van der Waals surface area contributed by atoms with Gasteiger partial charge in [-0.25, -0.2) is 9.97 Å². The van der Waals surface area contributed by atoms with Crippen LogP contribution in [0.25, 0.3) is 0 Å². The van der Waals surface area contributed by atoms with Crippen LogP contribution in [0, 0.1) is 5.92 Å². The molecular formula is C16H26N4O2. The van der Waals surface area contributed by atoms with E-state index in [1.807, 2.05) is 6.92 Å². The number of nitrogens with one attached hydrogen (secondary N) is 1. The molecule has 1 heterocycles. The van der Waals surface area contributed by atoms with Crippen molar-refractivity contribution < 1.29 is 9.53 Å². The largest absolute Gasteiger partial charge is 0.384 e. The smallest absolute Gasteiger partial charge is 0.249 e. The fraction of sp³-hybridized carbons (Fsp3) is 0.688. The minimum atomic E-state index is -0.406. The molecule has 6 nitrogen and oxygen atoms in total. The van der Waals surface area contributed by atoms with Crippen LogP contribution in [0.5, 0.6) is 0 Å². The number of hydrogen-bond donors (Lipinski definition) is 2. The van der Waals surface area contributed by atoms with E-state index in [0.29, 0.717) is 24.0 Å². The molecule has 0 spiro atoms. The van der Waals surface area contributed by atoms with E-state index in [-0.39, 0.29) is 18.6 Å². The summed E-state index contributed by atoms with van der Waals surface area (Å²) in [6, 6.07) is 1.62. The first-order chi connectivity index (χ1) is 10.6. The van der Waals surface area contributed by atoms with Crippen LogP contribution >= 0.6 is 0 Å². The number of amides is 1. The molecule has 1 aliphatic rings. The molecule has 1 saturated carbocycles. The van der Waals surface area contributed by atoms with E-state index in [4.69, 9.17) is 10.5 Å². The van der Waals surface area contributed by atoms with Crippen molar-refractivity contribution in [2.24, 2.45) is 5.92 Å². The van der Waals surface area contributed by atoms with Crippen LogP contribution in [-0.2, 0) is 16.1 Å². The van der Waals surface area contributed by atoms with Crippen molar-refractivity contribution in [3.8, 4) is 0 Å². The van der Waals surface area contributed by atoms with Gasteiger partial charge in [0.1, 0.15) is 17.7 Å². The van der Waals surface area contributed by atoms with Gasteiger partial charge in [0.15, 0.2) is 0 Å². The number of anilines is 1. The van der Waals surface area contributed by atoms with Gasteiger partial charge >= 0.3 is 0 Å². The standard InChI is InChI=1S/C16H26N4O2/c1-3-13(22-12-6-4-5-11(2)9-12)16(21)19-10-15-18-8-7-14(17)20-15/h7-8,11-13H,3-6,9-10H2,1-2H3,(H,19,21)(H2,17,18,20). The highest BCUT2D eigenvalue weighted by Crippen LogP contribution is 2.26. The quantitative estimate of drug-likeness (QED) is 0.839. The number of nitrogen functional groups attached to an aromatic ring is 1. The van der Waals surface area contributed by atoms with E-state index in [0.717, 1.165) is 12.8 Å². The minimum Gasteiger partial charge on any atom is -0.384 e. The number of rotatable bonds is 6. The van der Waals surface area contributed by atoms with Gasteiger partial charge in [-0.1, -0.05) is 26.7 Å². The number of aromatic nitrogens is 2. The summed E-state index contributed by atoms with van der Waals surface area (Å²) in [5.74, 6) is 1.49. The summed E-state index contributed by atoms with van der Waals surface area (Å²) in [4.78, 5) is 20.4. The van der Waals surface area contributed by atoms with E-state index in [2.05, 4.69) is 22.2 Å². The van der Waals surface area contributed by atoms with Gasteiger partial charge in [-0.2, -0.15) is 0 Å². The van der Waals surface area contributed by atoms with Gasteiger partial charge in [-0.3, -0.25) is 4.79 Å².